The molecule has 0 saturated heterocycles. The van der Waals surface area contributed by atoms with Gasteiger partial charge < -0.3 is 4.74 Å². The van der Waals surface area contributed by atoms with E-state index in [4.69, 9.17) is 21.3 Å². The molecule has 4 aromatic rings. The number of hydrogen-bond donors (Lipinski definition) is 0. The van der Waals surface area contributed by atoms with Gasteiger partial charge in [-0.1, -0.05) is 78.3 Å². The number of aliphatic imine (C=N–C) groups is 1. The van der Waals surface area contributed by atoms with Gasteiger partial charge in [-0.05, 0) is 51.5 Å². The van der Waals surface area contributed by atoms with Crippen LogP contribution in [0, 0.1) is 0 Å². The molecule has 1 unspecified atom stereocenters. The van der Waals surface area contributed by atoms with Gasteiger partial charge in [-0.25, -0.2) is 9.36 Å². The second kappa shape index (κ2) is 9.24. The first-order valence-electron chi connectivity index (χ1n) is 11.0. The molecular formula is C28H27ClN2O2. The molecule has 0 saturated carbocycles. The summed E-state index contributed by atoms with van der Waals surface area (Å²) >= 11 is 6.40. The molecule has 4 rings (SSSR count). The minimum atomic E-state index is -0.606. The van der Waals surface area contributed by atoms with Crippen molar-refractivity contribution in [2.45, 2.75) is 39.3 Å². The Bertz CT molecular complexity index is 1260. The molecule has 0 radical (unpaired) electrons. The van der Waals surface area contributed by atoms with E-state index in [0.717, 1.165) is 27.8 Å². The second-order valence-corrected chi connectivity index (χ2v) is 9.37. The molecule has 0 amide bonds. The number of carbonyl (C=O) groups excluding carboxylic acids is 1. The minimum Gasteiger partial charge on any atom is -0.443 e. The fourth-order valence-corrected chi connectivity index (χ4v) is 4.01. The summed E-state index contributed by atoms with van der Waals surface area (Å²) in [6.45, 7) is 7.57. The van der Waals surface area contributed by atoms with E-state index in [-0.39, 0.29) is 6.04 Å². The summed E-state index contributed by atoms with van der Waals surface area (Å²) in [6, 6.07) is 28.0. The molecule has 0 aliphatic heterocycles. The van der Waals surface area contributed by atoms with E-state index < -0.39 is 11.7 Å². The summed E-state index contributed by atoms with van der Waals surface area (Å²) in [5, 5.41) is 1.19. The van der Waals surface area contributed by atoms with Gasteiger partial charge in [0.15, 0.2) is 0 Å². The van der Waals surface area contributed by atoms with E-state index >= 15 is 0 Å². The molecule has 1 atom stereocenters. The lowest BCUT2D eigenvalue weighted by molar-refractivity contribution is 0.0545. The molecule has 4 nitrogen and oxygen atoms in total. The van der Waals surface area contributed by atoms with Gasteiger partial charge in [0.25, 0.3) is 0 Å². The van der Waals surface area contributed by atoms with Gasteiger partial charge in [0.05, 0.1) is 17.3 Å². The van der Waals surface area contributed by atoms with Crippen molar-refractivity contribution in [1.82, 2.24) is 4.57 Å². The van der Waals surface area contributed by atoms with E-state index in [2.05, 4.69) is 31.2 Å². The molecule has 1 aromatic heterocycles. The Balaban J connectivity index is 1.72. The van der Waals surface area contributed by atoms with Crippen molar-refractivity contribution in [1.29, 1.82) is 0 Å². The molecule has 0 spiro atoms. The maximum Gasteiger partial charge on any atom is 0.420 e. The lowest BCUT2D eigenvalue weighted by Crippen LogP contribution is -2.27. The highest BCUT2D eigenvalue weighted by Gasteiger charge is 2.22. The predicted molar refractivity (Wildman–Crippen MR) is 136 cm³/mol. The average Bonchev–Trinajstić information content (AvgIpc) is 3.12. The van der Waals surface area contributed by atoms with Crippen molar-refractivity contribution in [2.75, 3.05) is 0 Å². The van der Waals surface area contributed by atoms with Gasteiger partial charge in [0.2, 0.25) is 0 Å². The number of ether oxygens (including phenoxy) is 1. The van der Waals surface area contributed by atoms with Crippen molar-refractivity contribution in [2.24, 2.45) is 4.99 Å². The van der Waals surface area contributed by atoms with Crippen LogP contribution >= 0.6 is 11.6 Å². The van der Waals surface area contributed by atoms with Crippen LogP contribution < -0.4 is 0 Å². The third-order valence-electron chi connectivity index (χ3n) is 5.26. The number of benzene rings is 3. The Kier molecular flexibility index (Phi) is 6.39. The highest BCUT2D eigenvalue weighted by Crippen LogP contribution is 2.29. The first-order chi connectivity index (χ1) is 15.7. The summed E-state index contributed by atoms with van der Waals surface area (Å²) in [6.07, 6.45) is -0.489. The van der Waals surface area contributed by atoms with Gasteiger partial charge in [-0.15, -0.1) is 0 Å². The van der Waals surface area contributed by atoms with E-state index in [1.807, 2.05) is 75.4 Å². The van der Waals surface area contributed by atoms with Crippen LogP contribution in [-0.2, 0) is 4.74 Å². The number of rotatable bonds is 4. The number of carbonyl (C=O) groups is 1. The molecule has 0 fully saturated rings. The molecule has 3 aromatic carbocycles. The first-order valence-corrected chi connectivity index (χ1v) is 11.3. The summed E-state index contributed by atoms with van der Waals surface area (Å²) in [5.74, 6) is 0. The fourth-order valence-electron chi connectivity index (χ4n) is 3.73. The molecule has 0 bridgehead atoms. The minimum absolute atomic E-state index is 0.103. The SMILES string of the molecule is CC(N=C(c1ccccc1)c1ccccc1)c1ccc2c(c1)cc(Cl)n2C(=O)OC(C)(C)C. The van der Waals surface area contributed by atoms with Crippen molar-refractivity contribution in [3.8, 4) is 0 Å². The maximum atomic E-state index is 12.7. The Morgan fingerprint density at radius 3 is 2.03 bits per heavy atom. The van der Waals surface area contributed by atoms with Crippen molar-refractivity contribution in [3.05, 3.63) is 107 Å². The number of hydrogen-bond acceptors (Lipinski definition) is 3. The van der Waals surface area contributed by atoms with Gasteiger partial charge >= 0.3 is 6.09 Å². The van der Waals surface area contributed by atoms with Gasteiger partial charge in [0, 0.05) is 16.5 Å². The molecule has 168 valence electrons. The van der Waals surface area contributed by atoms with Crippen LogP contribution in [0.25, 0.3) is 10.9 Å². The monoisotopic (exact) mass is 458 g/mol. The van der Waals surface area contributed by atoms with Crippen molar-refractivity contribution < 1.29 is 9.53 Å². The maximum absolute atomic E-state index is 12.7. The summed E-state index contributed by atoms with van der Waals surface area (Å²) in [4.78, 5) is 17.8. The Hall–Kier alpha value is -3.37. The van der Waals surface area contributed by atoms with Crippen molar-refractivity contribution in [3.63, 3.8) is 0 Å². The van der Waals surface area contributed by atoms with Crippen LogP contribution in [0.2, 0.25) is 5.15 Å². The first kappa shape index (κ1) is 22.8. The third-order valence-corrected chi connectivity index (χ3v) is 5.53. The van der Waals surface area contributed by atoms with Crippen LogP contribution in [0.5, 0.6) is 0 Å². The summed E-state index contributed by atoms with van der Waals surface area (Å²) in [5.41, 5.74) is 4.20. The van der Waals surface area contributed by atoms with Gasteiger partial charge in [-0.2, -0.15) is 0 Å². The van der Waals surface area contributed by atoms with Crippen LogP contribution in [0.15, 0.2) is 89.9 Å². The van der Waals surface area contributed by atoms with E-state index in [9.17, 15) is 4.79 Å². The summed E-state index contributed by atoms with van der Waals surface area (Å²) < 4.78 is 6.92. The van der Waals surface area contributed by atoms with Crippen LogP contribution in [-0.4, -0.2) is 22.0 Å². The Labute approximate surface area is 199 Å². The number of fused-ring (bicyclic) bond motifs is 1. The topological polar surface area (TPSA) is 43.6 Å². The summed E-state index contributed by atoms with van der Waals surface area (Å²) in [7, 11) is 0. The molecule has 33 heavy (non-hydrogen) atoms. The van der Waals surface area contributed by atoms with Gasteiger partial charge in [0.1, 0.15) is 10.8 Å². The molecule has 5 heteroatoms. The van der Waals surface area contributed by atoms with Crippen LogP contribution in [0.3, 0.4) is 0 Å². The highest BCUT2D eigenvalue weighted by atomic mass is 35.5. The molecule has 0 aliphatic rings. The van der Waals surface area contributed by atoms with Crippen LogP contribution in [0.1, 0.15) is 50.4 Å². The Morgan fingerprint density at radius 1 is 0.909 bits per heavy atom. The zero-order valence-electron chi connectivity index (χ0n) is 19.2. The molecule has 0 aliphatic carbocycles. The predicted octanol–water partition coefficient (Wildman–Crippen LogP) is 7.68. The highest BCUT2D eigenvalue weighted by molar-refractivity contribution is 6.32. The van der Waals surface area contributed by atoms with E-state index in [1.165, 1.54) is 4.57 Å². The molecular weight excluding hydrogens is 432 g/mol. The largest absolute Gasteiger partial charge is 0.443 e. The van der Waals surface area contributed by atoms with E-state index in [1.54, 1.807) is 6.07 Å². The van der Waals surface area contributed by atoms with Crippen molar-refractivity contribution >= 4 is 34.3 Å². The standard InChI is InChI=1S/C28H27ClN2O2/c1-19(30-26(20-11-7-5-8-12-20)21-13-9-6-10-14-21)22-15-16-24-23(17-22)18-25(29)31(24)27(32)33-28(2,3)4/h5-19H,1-4H3. The fraction of sp³-hybridized carbons (Fsp3) is 0.214. The quantitative estimate of drug-likeness (QED) is 0.294. The smallest absolute Gasteiger partial charge is 0.420 e. The zero-order valence-corrected chi connectivity index (χ0v) is 20.0. The number of aromatic nitrogens is 1. The Morgan fingerprint density at radius 2 is 1.48 bits per heavy atom. The second-order valence-electron chi connectivity index (χ2n) is 8.99. The lowest BCUT2D eigenvalue weighted by Gasteiger charge is -2.20. The van der Waals surface area contributed by atoms with E-state index in [0.29, 0.717) is 10.7 Å². The average molecular weight is 459 g/mol. The number of halogens is 1. The lowest BCUT2D eigenvalue weighted by atomic mass is 10.0. The van der Waals surface area contributed by atoms with Crippen LogP contribution in [0.4, 0.5) is 4.79 Å². The third kappa shape index (κ3) is 5.18. The zero-order chi connectivity index (χ0) is 23.6. The normalized spacial score (nSPS) is 12.4. The molecule has 0 N–H and O–H groups in total. The van der Waals surface area contributed by atoms with Gasteiger partial charge in [-0.3, -0.25) is 4.99 Å². The molecule has 1 heterocycles. The number of nitrogens with zero attached hydrogens (tertiary/aromatic N) is 2.